The van der Waals surface area contributed by atoms with Crippen molar-refractivity contribution in [2.75, 3.05) is 60.0 Å². The van der Waals surface area contributed by atoms with Crippen LogP contribution in [-0.4, -0.2) is 116 Å². The van der Waals surface area contributed by atoms with Crippen LogP contribution in [0, 0.1) is 19.8 Å². The number of piperidine rings is 1. The number of amides is 2. The number of hydrogen-bond donors (Lipinski definition) is 0. The van der Waals surface area contributed by atoms with Crippen LogP contribution < -0.4 is 4.74 Å². The summed E-state index contributed by atoms with van der Waals surface area (Å²) in [6.07, 6.45) is -3.86. The molecular formula is C26H35F3N6O6S. The van der Waals surface area contributed by atoms with Gasteiger partial charge in [0.05, 0.1) is 18.6 Å². The molecule has 12 nitrogen and oxygen atoms in total. The molecule has 232 valence electrons. The number of sulfonamides is 1. The van der Waals surface area contributed by atoms with Crippen molar-refractivity contribution in [2.45, 2.75) is 44.3 Å². The Balaban J connectivity index is 1.28. The van der Waals surface area contributed by atoms with E-state index in [9.17, 15) is 31.2 Å². The minimum atomic E-state index is -4.85. The van der Waals surface area contributed by atoms with E-state index in [4.69, 9.17) is 9.15 Å². The van der Waals surface area contributed by atoms with Crippen LogP contribution in [-0.2, 0) is 21.4 Å². The molecule has 4 rings (SSSR count). The van der Waals surface area contributed by atoms with Gasteiger partial charge in [-0.2, -0.15) is 17.5 Å². The molecule has 0 radical (unpaired) electrons. The number of likely N-dealkylation sites (tertiary alicyclic amines) is 1. The molecule has 0 N–H and O–H groups in total. The quantitative estimate of drug-likeness (QED) is 0.438. The number of aromatic nitrogens is 2. The lowest BCUT2D eigenvalue weighted by Gasteiger charge is -2.38. The summed E-state index contributed by atoms with van der Waals surface area (Å²) in [5.74, 6) is -1.78. The van der Waals surface area contributed by atoms with Crippen LogP contribution in [0.5, 0.6) is 5.75 Å². The summed E-state index contributed by atoms with van der Waals surface area (Å²) in [5, 5.41) is 7.71. The Morgan fingerprint density at radius 3 is 2.17 bits per heavy atom. The van der Waals surface area contributed by atoms with Crippen molar-refractivity contribution in [3.8, 4) is 5.75 Å². The monoisotopic (exact) mass is 616 g/mol. The number of aryl methyl sites for hydroxylation is 2. The Morgan fingerprint density at radius 2 is 1.62 bits per heavy atom. The number of piperazine rings is 1. The Kier molecular flexibility index (Phi) is 9.47. The first-order chi connectivity index (χ1) is 19.7. The summed E-state index contributed by atoms with van der Waals surface area (Å²) >= 11 is 0. The summed E-state index contributed by atoms with van der Waals surface area (Å²) in [5.41, 5.74) is 1.06. The maximum atomic E-state index is 13.3. The highest BCUT2D eigenvalue weighted by molar-refractivity contribution is 7.89. The van der Waals surface area contributed by atoms with Gasteiger partial charge in [-0.3, -0.25) is 14.5 Å². The standard InChI is InChI=1S/C26H35F3N6O6S/c1-17-13-20(40-4)14-18(2)22(17)42(38,39)32(3)16-21-30-31-23(41-21)24(36)34-11-9-33(10-12-34)15-19-5-7-35(8-6-19)25(37)26(27,28)29/h13-14,19H,5-12,15-16H2,1-4H3. The summed E-state index contributed by atoms with van der Waals surface area (Å²) in [6.45, 7) is 5.90. The van der Waals surface area contributed by atoms with Gasteiger partial charge in [0.15, 0.2) is 0 Å². The zero-order chi connectivity index (χ0) is 30.8. The lowest BCUT2D eigenvalue weighted by molar-refractivity contribution is -0.186. The molecule has 3 heterocycles. The Labute approximate surface area is 242 Å². The van der Waals surface area contributed by atoms with Crippen molar-refractivity contribution in [1.82, 2.24) is 29.2 Å². The predicted molar refractivity (Wildman–Crippen MR) is 143 cm³/mol. The van der Waals surface area contributed by atoms with E-state index in [0.717, 1.165) is 9.21 Å². The van der Waals surface area contributed by atoms with Gasteiger partial charge in [-0.05, 0) is 55.9 Å². The molecule has 1 aromatic heterocycles. The van der Waals surface area contributed by atoms with Crippen molar-refractivity contribution < 1.29 is 40.3 Å². The van der Waals surface area contributed by atoms with Gasteiger partial charge in [-0.1, -0.05) is 0 Å². The smallest absolute Gasteiger partial charge is 0.471 e. The van der Waals surface area contributed by atoms with Gasteiger partial charge in [0, 0.05) is 52.9 Å². The number of hydrogen-bond acceptors (Lipinski definition) is 9. The number of halogens is 3. The molecule has 16 heteroatoms. The summed E-state index contributed by atoms with van der Waals surface area (Å²) in [6, 6.07) is 3.28. The van der Waals surface area contributed by atoms with Gasteiger partial charge in [-0.15, -0.1) is 10.2 Å². The van der Waals surface area contributed by atoms with Crippen LogP contribution in [0.1, 0.15) is 40.5 Å². The molecule has 2 fully saturated rings. The molecule has 0 atom stereocenters. The molecule has 2 aliphatic heterocycles. The molecule has 1 aromatic carbocycles. The van der Waals surface area contributed by atoms with E-state index in [1.807, 2.05) is 0 Å². The number of ether oxygens (including phenoxy) is 1. The van der Waals surface area contributed by atoms with E-state index in [2.05, 4.69) is 15.1 Å². The molecule has 2 aliphatic rings. The predicted octanol–water partition coefficient (Wildman–Crippen LogP) is 2.07. The lowest BCUT2D eigenvalue weighted by atomic mass is 9.96. The zero-order valence-electron chi connectivity index (χ0n) is 24.0. The van der Waals surface area contributed by atoms with E-state index in [1.54, 1.807) is 30.9 Å². The van der Waals surface area contributed by atoms with E-state index in [0.29, 0.717) is 62.4 Å². The van der Waals surface area contributed by atoms with Gasteiger partial charge in [0.25, 0.3) is 0 Å². The molecular weight excluding hydrogens is 581 g/mol. The van der Waals surface area contributed by atoms with Crippen molar-refractivity contribution in [3.05, 3.63) is 35.0 Å². The topological polar surface area (TPSA) is 129 Å². The highest BCUT2D eigenvalue weighted by Gasteiger charge is 2.43. The zero-order valence-corrected chi connectivity index (χ0v) is 24.8. The number of benzene rings is 1. The van der Waals surface area contributed by atoms with Crippen LogP contribution in [0.25, 0.3) is 0 Å². The molecule has 2 amide bonds. The second kappa shape index (κ2) is 12.6. The Bertz CT molecular complexity index is 1380. The second-order valence-electron chi connectivity index (χ2n) is 10.7. The number of rotatable bonds is 8. The van der Waals surface area contributed by atoms with Gasteiger partial charge < -0.3 is 19.0 Å². The highest BCUT2D eigenvalue weighted by atomic mass is 32.2. The van der Waals surface area contributed by atoms with Crippen molar-refractivity contribution in [3.63, 3.8) is 0 Å². The molecule has 2 saturated heterocycles. The minimum absolute atomic E-state index is 0.0257. The normalized spacial score (nSPS) is 17.6. The Hall–Kier alpha value is -3.24. The third-order valence-electron chi connectivity index (χ3n) is 7.67. The molecule has 0 aliphatic carbocycles. The molecule has 0 unspecified atom stereocenters. The molecule has 0 bridgehead atoms. The highest BCUT2D eigenvalue weighted by Crippen LogP contribution is 2.29. The fourth-order valence-corrected chi connectivity index (χ4v) is 6.93. The summed E-state index contributed by atoms with van der Waals surface area (Å²) < 4.78 is 76.4. The van der Waals surface area contributed by atoms with Crippen molar-refractivity contribution in [1.29, 1.82) is 0 Å². The average Bonchev–Trinajstić information content (AvgIpc) is 3.40. The third-order valence-corrected chi connectivity index (χ3v) is 9.78. The average molecular weight is 617 g/mol. The maximum Gasteiger partial charge on any atom is 0.471 e. The van der Waals surface area contributed by atoms with E-state index < -0.39 is 28.0 Å². The molecule has 0 saturated carbocycles. The number of carbonyl (C=O) groups is 2. The first-order valence-corrected chi connectivity index (χ1v) is 15.0. The van der Waals surface area contributed by atoms with Crippen LogP contribution in [0.4, 0.5) is 13.2 Å². The first kappa shape index (κ1) is 31.7. The molecule has 2 aromatic rings. The summed E-state index contributed by atoms with van der Waals surface area (Å²) in [4.78, 5) is 29.2. The van der Waals surface area contributed by atoms with Crippen LogP contribution >= 0.6 is 0 Å². The summed E-state index contributed by atoms with van der Waals surface area (Å²) in [7, 11) is -1.01. The number of nitrogens with zero attached hydrogens (tertiary/aromatic N) is 6. The fourth-order valence-electron chi connectivity index (χ4n) is 5.40. The van der Waals surface area contributed by atoms with Gasteiger partial charge in [-0.25, -0.2) is 8.42 Å². The number of methoxy groups -OCH3 is 1. The van der Waals surface area contributed by atoms with Gasteiger partial charge in [0.2, 0.25) is 15.9 Å². The minimum Gasteiger partial charge on any atom is -0.497 e. The SMILES string of the molecule is COc1cc(C)c(S(=O)(=O)N(C)Cc2nnc(C(=O)N3CCN(CC4CCN(C(=O)C(F)(F)F)CC4)CC3)o2)c(C)c1. The van der Waals surface area contributed by atoms with Crippen molar-refractivity contribution in [2.24, 2.45) is 5.92 Å². The van der Waals surface area contributed by atoms with E-state index >= 15 is 0 Å². The number of carbonyl (C=O) groups excluding carboxylic acids is 2. The third kappa shape index (κ3) is 7.03. The first-order valence-electron chi connectivity index (χ1n) is 13.5. The van der Waals surface area contributed by atoms with Crippen LogP contribution in [0.2, 0.25) is 0 Å². The fraction of sp³-hybridized carbons (Fsp3) is 0.615. The van der Waals surface area contributed by atoms with E-state index in [-0.39, 0.29) is 42.2 Å². The van der Waals surface area contributed by atoms with Crippen molar-refractivity contribution >= 4 is 21.8 Å². The maximum absolute atomic E-state index is 13.3. The molecule has 0 spiro atoms. The van der Waals surface area contributed by atoms with Crippen LogP contribution in [0.3, 0.4) is 0 Å². The number of alkyl halides is 3. The van der Waals surface area contributed by atoms with Gasteiger partial charge in [0.1, 0.15) is 5.75 Å². The van der Waals surface area contributed by atoms with Gasteiger partial charge >= 0.3 is 23.9 Å². The van der Waals surface area contributed by atoms with E-state index in [1.165, 1.54) is 14.2 Å². The lowest BCUT2D eigenvalue weighted by Crippen LogP contribution is -2.51. The second-order valence-corrected chi connectivity index (χ2v) is 12.7. The largest absolute Gasteiger partial charge is 0.497 e. The Morgan fingerprint density at radius 1 is 1.02 bits per heavy atom. The van der Waals surface area contributed by atoms with Crippen LogP contribution in [0.15, 0.2) is 21.4 Å². The molecule has 42 heavy (non-hydrogen) atoms.